The van der Waals surface area contributed by atoms with Gasteiger partial charge >= 0.3 is 0 Å². The summed E-state index contributed by atoms with van der Waals surface area (Å²) in [5.41, 5.74) is 6.57. The number of benzene rings is 1. The maximum Gasteiger partial charge on any atom is 0.184 e. The van der Waals surface area contributed by atoms with Crippen LogP contribution in [0.5, 0.6) is 0 Å². The summed E-state index contributed by atoms with van der Waals surface area (Å²) in [4.78, 5) is 0. The van der Waals surface area contributed by atoms with Crippen molar-refractivity contribution in [1.82, 2.24) is 20.2 Å². The molecule has 0 spiro atoms. The summed E-state index contributed by atoms with van der Waals surface area (Å²) in [5.74, 6) is 0.185. The highest BCUT2D eigenvalue weighted by molar-refractivity contribution is 5.71. The predicted molar refractivity (Wildman–Crippen MR) is 67.2 cm³/mol. The molecule has 6 heteroatoms. The van der Waals surface area contributed by atoms with Crippen molar-refractivity contribution in [3.05, 3.63) is 24.0 Å². The van der Waals surface area contributed by atoms with Crippen molar-refractivity contribution in [2.75, 3.05) is 5.73 Å². The Morgan fingerprint density at radius 1 is 1.39 bits per heavy atom. The zero-order valence-corrected chi connectivity index (χ0v) is 10.7. The molecule has 96 valence electrons. The van der Waals surface area contributed by atoms with E-state index in [2.05, 4.69) is 22.4 Å². The molecule has 2 rings (SSSR count). The zero-order valence-electron chi connectivity index (χ0n) is 10.7. The Morgan fingerprint density at radius 3 is 2.72 bits per heavy atom. The summed E-state index contributed by atoms with van der Waals surface area (Å²) in [7, 11) is 0. The van der Waals surface area contributed by atoms with Gasteiger partial charge < -0.3 is 5.73 Å². The van der Waals surface area contributed by atoms with Crippen LogP contribution in [-0.2, 0) is 5.54 Å². The SMILES string of the molecule is CCC(C)(C)n1nnnc1-c1ccc(F)cc1N. The van der Waals surface area contributed by atoms with Crippen LogP contribution in [-0.4, -0.2) is 20.2 Å². The largest absolute Gasteiger partial charge is 0.398 e. The van der Waals surface area contributed by atoms with Gasteiger partial charge in [-0.2, -0.15) is 0 Å². The second-order valence-corrected chi connectivity index (χ2v) is 4.81. The van der Waals surface area contributed by atoms with Gasteiger partial charge in [-0.05, 0) is 48.9 Å². The van der Waals surface area contributed by atoms with Gasteiger partial charge in [0, 0.05) is 11.3 Å². The maximum absolute atomic E-state index is 13.1. The van der Waals surface area contributed by atoms with Gasteiger partial charge in [-0.15, -0.1) is 5.10 Å². The number of tetrazole rings is 1. The zero-order chi connectivity index (χ0) is 13.3. The normalized spacial score (nSPS) is 11.8. The summed E-state index contributed by atoms with van der Waals surface area (Å²) in [6.07, 6.45) is 0.867. The van der Waals surface area contributed by atoms with Gasteiger partial charge in [-0.25, -0.2) is 9.07 Å². The van der Waals surface area contributed by atoms with E-state index in [1.807, 2.05) is 13.8 Å². The van der Waals surface area contributed by atoms with Gasteiger partial charge in [0.15, 0.2) is 5.82 Å². The third-order valence-electron chi connectivity index (χ3n) is 3.16. The van der Waals surface area contributed by atoms with E-state index in [4.69, 9.17) is 5.73 Å². The summed E-state index contributed by atoms with van der Waals surface area (Å²) >= 11 is 0. The van der Waals surface area contributed by atoms with E-state index in [0.717, 1.165) is 6.42 Å². The fourth-order valence-corrected chi connectivity index (χ4v) is 1.65. The molecule has 1 heterocycles. The molecule has 0 unspecified atom stereocenters. The highest BCUT2D eigenvalue weighted by Crippen LogP contribution is 2.28. The molecule has 0 aliphatic heterocycles. The van der Waals surface area contributed by atoms with Gasteiger partial charge in [0.2, 0.25) is 0 Å². The molecule has 0 saturated heterocycles. The highest BCUT2D eigenvalue weighted by Gasteiger charge is 2.24. The molecule has 2 aromatic rings. The van der Waals surface area contributed by atoms with Crippen LogP contribution in [0.15, 0.2) is 18.2 Å². The fourth-order valence-electron chi connectivity index (χ4n) is 1.65. The Bertz CT molecular complexity index is 561. The van der Waals surface area contributed by atoms with E-state index in [9.17, 15) is 4.39 Å². The standard InChI is InChI=1S/C12H16FN5/c1-4-12(2,3)18-11(15-16-17-18)9-6-5-8(13)7-10(9)14/h5-7H,4,14H2,1-3H3. The topological polar surface area (TPSA) is 69.6 Å². The summed E-state index contributed by atoms with van der Waals surface area (Å²) < 4.78 is 14.8. The molecular weight excluding hydrogens is 233 g/mol. The molecule has 5 nitrogen and oxygen atoms in total. The lowest BCUT2D eigenvalue weighted by Gasteiger charge is -2.24. The number of hydrogen-bond donors (Lipinski definition) is 1. The van der Waals surface area contributed by atoms with Gasteiger partial charge in [-0.3, -0.25) is 0 Å². The molecule has 0 fully saturated rings. The molecule has 0 bridgehead atoms. The fraction of sp³-hybridized carbons (Fsp3) is 0.417. The van der Waals surface area contributed by atoms with Crippen LogP contribution >= 0.6 is 0 Å². The second kappa shape index (κ2) is 4.36. The van der Waals surface area contributed by atoms with Crippen LogP contribution < -0.4 is 5.73 Å². The first-order valence-electron chi connectivity index (χ1n) is 5.80. The summed E-state index contributed by atoms with van der Waals surface area (Å²) in [6.45, 7) is 6.12. The van der Waals surface area contributed by atoms with Gasteiger partial charge in [0.25, 0.3) is 0 Å². The Kier molecular flexibility index (Phi) is 3.02. The average Bonchev–Trinajstić information content (AvgIpc) is 2.78. The lowest BCUT2D eigenvalue weighted by Crippen LogP contribution is -2.27. The summed E-state index contributed by atoms with van der Waals surface area (Å²) in [5, 5.41) is 11.7. The monoisotopic (exact) mass is 249 g/mol. The molecule has 0 saturated carbocycles. The van der Waals surface area contributed by atoms with Gasteiger partial charge in [0.1, 0.15) is 5.82 Å². The van der Waals surface area contributed by atoms with Crippen LogP contribution in [0.1, 0.15) is 27.2 Å². The molecule has 0 atom stereocenters. The van der Waals surface area contributed by atoms with Crippen molar-refractivity contribution >= 4 is 5.69 Å². The van der Waals surface area contributed by atoms with Crippen LogP contribution in [0, 0.1) is 5.82 Å². The van der Waals surface area contributed by atoms with Crippen molar-refractivity contribution in [1.29, 1.82) is 0 Å². The van der Waals surface area contributed by atoms with Crippen molar-refractivity contribution < 1.29 is 4.39 Å². The summed E-state index contributed by atoms with van der Waals surface area (Å²) in [6, 6.07) is 4.22. The first-order valence-corrected chi connectivity index (χ1v) is 5.80. The maximum atomic E-state index is 13.1. The lowest BCUT2D eigenvalue weighted by molar-refractivity contribution is 0.305. The van der Waals surface area contributed by atoms with E-state index >= 15 is 0 Å². The quantitative estimate of drug-likeness (QED) is 0.847. The number of nitrogen functional groups attached to an aromatic ring is 1. The average molecular weight is 249 g/mol. The van der Waals surface area contributed by atoms with Crippen LogP contribution in [0.3, 0.4) is 0 Å². The second-order valence-electron chi connectivity index (χ2n) is 4.81. The van der Waals surface area contributed by atoms with Crippen molar-refractivity contribution in [2.45, 2.75) is 32.7 Å². The van der Waals surface area contributed by atoms with E-state index < -0.39 is 0 Å². The van der Waals surface area contributed by atoms with E-state index in [1.54, 1.807) is 10.7 Å². The third kappa shape index (κ3) is 2.05. The molecule has 18 heavy (non-hydrogen) atoms. The smallest absolute Gasteiger partial charge is 0.184 e. The van der Waals surface area contributed by atoms with E-state index in [1.165, 1.54) is 12.1 Å². The molecule has 0 aliphatic rings. The Hall–Kier alpha value is -1.98. The van der Waals surface area contributed by atoms with Crippen LogP contribution in [0.4, 0.5) is 10.1 Å². The molecule has 1 aromatic carbocycles. The van der Waals surface area contributed by atoms with E-state index in [0.29, 0.717) is 17.1 Å². The number of rotatable bonds is 3. The number of aromatic nitrogens is 4. The molecule has 0 amide bonds. The molecule has 0 radical (unpaired) electrons. The van der Waals surface area contributed by atoms with Crippen molar-refractivity contribution in [3.8, 4) is 11.4 Å². The Labute approximate surface area is 105 Å². The number of halogens is 1. The van der Waals surface area contributed by atoms with Gasteiger partial charge in [0.05, 0.1) is 5.54 Å². The van der Waals surface area contributed by atoms with Crippen molar-refractivity contribution in [3.63, 3.8) is 0 Å². The predicted octanol–water partition coefficient (Wildman–Crippen LogP) is 2.21. The lowest BCUT2D eigenvalue weighted by atomic mass is 10.0. The molecule has 0 aliphatic carbocycles. The van der Waals surface area contributed by atoms with Crippen molar-refractivity contribution in [2.24, 2.45) is 0 Å². The molecule has 2 N–H and O–H groups in total. The Balaban J connectivity index is 2.56. The minimum Gasteiger partial charge on any atom is -0.398 e. The van der Waals surface area contributed by atoms with Crippen LogP contribution in [0.25, 0.3) is 11.4 Å². The first kappa shape index (κ1) is 12.5. The molecular formula is C12H16FN5. The minimum absolute atomic E-state index is 0.223. The number of anilines is 1. The minimum atomic E-state index is -0.370. The van der Waals surface area contributed by atoms with Crippen LogP contribution in [0.2, 0.25) is 0 Å². The highest BCUT2D eigenvalue weighted by atomic mass is 19.1. The third-order valence-corrected chi connectivity index (χ3v) is 3.16. The van der Waals surface area contributed by atoms with E-state index in [-0.39, 0.29) is 11.4 Å². The first-order chi connectivity index (χ1) is 8.45. The molecule has 1 aromatic heterocycles. The Morgan fingerprint density at radius 2 is 2.11 bits per heavy atom. The number of hydrogen-bond acceptors (Lipinski definition) is 4. The van der Waals surface area contributed by atoms with Gasteiger partial charge in [-0.1, -0.05) is 6.92 Å². The number of nitrogens with two attached hydrogens (primary N) is 1. The number of nitrogens with zero attached hydrogens (tertiary/aromatic N) is 4.